The SMILES string of the molecule is C[SiH](C)Oc1ccccc1N=Cc1cccs1. The van der Waals surface area contributed by atoms with Crippen LogP contribution in [0.2, 0.25) is 13.1 Å². The van der Waals surface area contributed by atoms with E-state index in [-0.39, 0.29) is 0 Å². The van der Waals surface area contributed by atoms with Gasteiger partial charge in [0.2, 0.25) is 9.04 Å². The number of aliphatic imine (C=N–C) groups is 1. The number of hydrogen-bond donors (Lipinski definition) is 0. The fourth-order valence-corrected chi connectivity index (χ4v) is 2.71. The van der Waals surface area contributed by atoms with Crippen molar-refractivity contribution < 1.29 is 4.43 Å². The molecule has 88 valence electrons. The summed E-state index contributed by atoms with van der Waals surface area (Å²) in [4.78, 5) is 5.64. The molecule has 0 aliphatic carbocycles. The van der Waals surface area contributed by atoms with E-state index in [2.05, 4.69) is 24.2 Å². The molecular formula is C13H15NOSSi. The average Bonchev–Trinajstić information content (AvgIpc) is 2.80. The van der Waals surface area contributed by atoms with Crippen molar-refractivity contribution in [1.82, 2.24) is 0 Å². The van der Waals surface area contributed by atoms with Crippen LogP contribution in [0, 0.1) is 0 Å². The highest BCUT2D eigenvalue weighted by Gasteiger charge is 2.03. The number of benzene rings is 1. The lowest BCUT2D eigenvalue weighted by molar-refractivity contribution is 0.582. The molecule has 0 fully saturated rings. The number of rotatable bonds is 4. The van der Waals surface area contributed by atoms with Gasteiger partial charge < -0.3 is 4.43 Å². The third-order valence-electron chi connectivity index (χ3n) is 2.10. The zero-order valence-electron chi connectivity index (χ0n) is 9.96. The maximum absolute atomic E-state index is 5.84. The summed E-state index contributed by atoms with van der Waals surface area (Å²) in [5, 5.41) is 2.05. The second-order valence-corrected chi connectivity index (χ2v) is 7.22. The van der Waals surface area contributed by atoms with Crippen LogP contribution >= 0.6 is 11.3 Å². The summed E-state index contributed by atoms with van der Waals surface area (Å²) in [5.41, 5.74) is 0.905. The minimum atomic E-state index is -1.08. The van der Waals surface area contributed by atoms with E-state index in [1.807, 2.05) is 41.9 Å². The first-order valence-corrected chi connectivity index (χ1v) is 9.25. The van der Waals surface area contributed by atoms with Crippen molar-refractivity contribution in [3.63, 3.8) is 0 Å². The Bertz CT molecular complexity index is 494. The van der Waals surface area contributed by atoms with Crippen molar-refractivity contribution >= 4 is 32.3 Å². The molecule has 0 saturated carbocycles. The van der Waals surface area contributed by atoms with E-state index in [4.69, 9.17) is 4.43 Å². The van der Waals surface area contributed by atoms with Crippen molar-refractivity contribution in [3.05, 3.63) is 46.7 Å². The molecule has 0 radical (unpaired) electrons. The van der Waals surface area contributed by atoms with Crippen molar-refractivity contribution in [2.45, 2.75) is 13.1 Å². The quantitative estimate of drug-likeness (QED) is 0.605. The van der Waals surface area contributed by atoms with Crippen molar-refractivity contribution in [3.8, 4) is 5.75 Å². The van der Waals surface area contributed by atoms with Gasteiger partial charge in [-0.05, 0) is 36.7 Å². The van der Waals surface area contributed by atoms with Gasteiger partial charge in [0, 0.05) is 11.1 Å². The zero-order chi connectivity index (χ0) is 12.1. The van der Waals surface area contributed by atoms with E-state index in [1.54, 1.807) is 11.3 Å². The van der Waals surface area contributed by atoms with Gasteiger partial charge in [-0.25, -0.2) is 0 Å². The Labute approximate surface area is 107 Å². The summed E-state index contributed by atoms with van der Waals surface area (Å²) in [5.74, 6) is 0.891. The maximum Gasteiger partial charge on any atom is 0.229 e. The molecule has 1 aromatic heterocycles. The van der Waals surface area contributed by atoms with Crippen LogP contribution in [0.1, 0.15) is 4.88 Å². The molecule has 0 unspecified atom stereocenters. The van der Waals surface area contributed by atoms with Crippen LogP contribution < -0.4 is 4.43 Å². The second-order valence-electron chi connectivity index (χ2n) is 3.91. The molecule has 0 aliphatic rings. The summed E-state index contributed by atoms with van der Waals surface area (Å²) in [7, 11) is -1.08. The first-order chi connectivity index (χ1) is 8.25. The molecule has 17 heavy (non-hydrogen) atoms. The third kappa shape index (κ3) is 3.54. The average molecular weight is 261 g/mol. The smallest absolute Gasteiger partial charge is 0.229 e. The van der Waals surface area contributed by atoms with Crippen molar-refractivity contribution in [1.29, 1.82) is 0 Å². The monoisotopic (exact) mass is 261 g/mol. The summed E-state index contributed by atoms with van der Waals surface area (Å²) < 4.78 is 5.84. The summed E-state index contributed by atoms with van der Waals surface area (Å²) in [6.07, 6.45) is 1.88. The largest absolute Gasteiger partial charge is 0.546 e. The zero-order valence-corrected chi connectivity index (χ0v) is 11.9. The molecule has 2 nitrogen and oxygen atoms in total. The van der Waals surface area contributed by atoms with Gasteiger partial charge in [0.05, 0.1) is 0 Å². The summed E-state index contributed by atoms with van der Waals surface area (Å²) in [6.45, 7) is 4.31. The Morgan fingerprint density at radius 1 is 1.18 bits per heavy atom. The molecule has 2 rings (SSSR count). The lowest BCUT2D eigenvalue weighted by Gasteiger charge is -2.10. The molecule has 1 heterocycles. The molecular weight excluding hydrogens is 246 g/mol. The highest BCUT2D eigenvalue weighted by molar-refractivity contribution is 7.11. The number of hydrogen-bond acceptors (Lipinski definition) is 3. The highest BCUT2D eigenvalue weighted by atomic mass is 32.1. The first kappa shape index (κ1) is 12.1. The van der Waals surface area contributed by atoms with Crippen LogP contribution in [0.25, 0.3) is 0 Å². The molecule has 0 bridgehead atoms. The molecule has 0 amide bonds. The van der Waals surface area contributed by atoms with E-state index in [0.29, 0.717) is 0 Å². The Hall–Kier alpha value is -1.39. The van der Waals surface area contributed by atoms with E-state index >= 15 is 0 Å². The number of thiophene rings is 1. The van der Waals surface area contributed by atoms with Gasteiger partial charge in [-0.1, -0.05) is 18.2 Å². The van der Waals surface area contributed by atoms with Gasteiger partial charge in [-0.3, -0.25) is 4.99 Å². The summed E-state index contributed by atoms with van der Waals surface area (Å²) >= 11 is 1.68. The van der Waals surface area contributed by atoms with Gasteiger partial charge in [0.15, 0.2) is 0 Å². The second kappa shape index (κ2) is 5.79. The molecule has 0 atom stereocenters. The van der Waals surface area contributed by atoms with Gasteiger partial charge in [0.1, 0.15) is 11.4 Å². The Morgan fingerprint density at radius 3 is 2.71 bits per heavy atom. The Morgan fingerprint density at radius 2 is 2.00 bits per heavy atom. The molecule has 0 spiro atoms. The Kier molecular flexibility index (Phi) is 4.11. The standard InChI is InChI=1S/C13H15NOSSi/c1-17(2)15-13-8-4-3-7-12(13)14-10-11-6-5-9-16-11/h3-10,17H,1-2H3. The Balaban J connectivity index is 2.20. The topological polar surface area (TPSA) is 21.6 Å². The molecule has 1 aromatic carbocycles. The predicted molar refractivity (Wildman–Crippen MR) is 77.5 cm³/mol. The first-order valence-electron chi connectivity index (χ1n) is 5.59. The fraction of sp³-hybridized carbons (Fsp3) is 0.154. The normalized spacial score (nSPS) is 11.2. The van der Waals surface area contributed by atoms with Crippen LogP contribution in [0.5, 0.6) is 5.75 Å². The van der Waals surface area contributed by atoms with Gasteiger partial charge in [0.25, 0.3) is 0 Å². The van der Waals surface area contributed by atoms with Gasteiger partial charge in [-0.2, -0.15) is 0 Å². The maximum atomic E-state index is 5.84. The molecule has 0 N–H and O–H groups in total. The van der Waals surface area contributed by atoms with Gasteiger partial charge >= 0.3 is 0 Å². The van der Waals surface area contributed by atoms with Crippen molar-refractivity contribution in [2.75, 3.05) is 0 Å². The minimum absolute atomic E-state index is 0.891. The number of para-hydroxylation sites is 2. The summed E-state index contributed by atoms with van der Waals surface area (Å²) in [6, 6.07) is 12.0. The molecule has 0 aliphatic heterocycles. The minimum Gasteiger partial charge on any atom is -0.546 e. The fourth-order valence-electron chi connectivity index (χ4n) is 1.42. The molecule has 2 aromatic rings. The highest BCUT2D eigenvalue weighted by Crippen LogP contribution is 2.27. The van der Waals surface area contributed by atoms with E-state index in [1.165, 1.54) is 0 Å². The van der Waals surface area contributed by atoms with E-state index in [0.717, 1.165) is 16.3 Å². The lowest BCUT2D eigenvalue weighted by atomic mass is 10.3. The van der Waals surface area contributed by atoms with Crippen LogP contribution in [0.15, 0.2) is 46.8 Å². The van der Waals surface area contributed by atoms with Crippen LogP contribution in [0.4, 0.5) is 5.69 Å². The van der Waals surface area contributed by atoms with Crippen LogP contribution in [-0.2, 0) is 0 Å². The van der Waals surface area contributed by atoms with Crippen molar-refractivity contribution in [2.24, 2.45) is 4.99 Å². The third-order valence-corrected chi connectivity index (χ3v) is 3.63. The lowest BCUT2D eigenvalue weighted by Crippen LogP contribution is -2.11. The number of nitrogens with zero attached hydrogens (tertiary/aromatic N) is 1. The molecule has 4 heteroatoms. The predicted octanol–water partition coefficient (Wildman–Crippen LogP) is 3.86. The van der Waals surface area contributed by atoms with E-state index in [9.17, 15) is 0 Å². The van der Waals surface area contributed by atoms with Gasteiger partial charge in [-0.15, -0.1) is 11.3 Å². The van der Waals surface area contributed by atoms with Crippen LogP contribution in [0.3, 0.4) is 0 Å². The molecule has 0 saturated heterocycles. The van der Waals surface area contributed by atoms with Crippen LogP contribution in [-0.4, -0.2) is 15.3 Å². The van der Waals surface area contributed by atoms with E-state index < -0.39 is 9.04 Å².